The summed E-state index contributed by atoms with van der Waals surface area (Å²) in [4.78, 5) is 4.84. The van der Waals surface area contributed by atoms with Crippen LogP contribution < -0.4 is 10.6 Å². The molecule has 0 aromatic heterocycles. The number of benzene rings is 1. The summed E-state index contributed by atoms with van der Waals surface area (Å²) in [6.07, 6.45) is 2.70. The maximum atomic E-state index is 14.0. The SMILES string of the molecule is CC(N)c1c(F)cccc1N1CCN(C2CC2)CC1. The lowest BCUT2D eigenvalue weighted by atomic mass is 10.0. The maximum absolute atomic E-state index is 14.0. The van der Waals surface area contributed by atoms with Crippen LogP contribution in [0.1, 0.15) is 31.4 Å². The second-order valence-electron chi connectivity index (χ2n) is 5.72. The number of piperazine rings is 1. The van der Waals surface area contributed by atoms with E-state index >= 15 is 0 Å². The largest absolute Gasteiger partial charge is 0.369 e. The molecule has 3 rings (SSSR count). The van der Waals surface area contributed by atoms with Crippen molar-refractivity contribution in [2.45, 2.75) is 31.8 Å². The van der Waals surface area contributed by atoms with Gasteiger partial charge in [-0.15, -0.1) is 0 Å². The Bertz CT molecular complexity index is 449. The lowest BCUT2D eigenvalue weighted by Crippen LogP contribution is -2.47. The van der Waals surface area contributed by atoms with Gasteiger partial charge in [-0.3, -0.25) is 4.90 Å². The number of halogens is 1. The predicted octanol–water partition coefficient (Wildman–Crippen LogP) is 2.13. The van der Waals surface area contributed by atoms with Crippen LogP contribution >= 0.6 is 0 Å². The molecule has 1 saturated heterocycles. The van der Waals surface area contributed by atoms with E-state index in [2.05, 4.69) is 9.80 Å². The Morgan fingerprint density at radius 2 is 1.89 bits per heavy atom. The molecule has 0 amide bonds. The van der Waals surface area contributed by atoms with E-state index in [0.29, 0.717) is 5.56 Å². The smallest absolute Gasteiger partial charge is 0.130 e. The van der Waals surface area contributed by atoms with E-state index in [1.807, 2.05) is 13.0 Å². The molecule has 1 atom stereocenters. The summed E-state index contributed by atoms with van der Waals surface area (Å²) in [5.74, 6) is -0.183. The van der Waals surface area contributed by atoms with Gasteiger partial charge >= 0.3 is 0 Å². The molecular formula is C15H22FN3. The van der Waals surface area contributed by atoms with Gasteiger partial charge in [-0.2, -0.15) is 0 Å². The van der Waals surface area contributed by atoms with Crippen LogP contribution in [0.5, 0.6) is 0 Å². The Labute approximate surface area is 114 Å². The van der Waals surface area contributed by atoms with E-state index in [1.54, 1.807) is 6.07 Å². The Balaban J connectivity index is 1.77. The number of anilines is 1. The Morgan fingerprint density at radius 1 is 1.21 bits per heavy atom. The van der Waals surface area contributed by atoms with Crippen LogP contribution in [0.3, 0.4) is 0 Å². The van der Waals surface area contributed by atoms with Crippen molar-refractivity contribution >= 4 is 5.69 Å². The third kappa shape index (κ3) is 2.60. The van der Waals surface area contributed by atoms with Crippen LogP contribution in [0.4, 0.5) is 10.1 Å². The number of hydrogen-bond acceptors (Lipinski definition) is 3. The second-order valence-corrected chi connectivity index (χ2v) is 5.72. The molecule has 2 fully saturated rings. The first-order valence-electron chi connectivity index (χ1n) is 7.20. The highest BCUT2D eigenvalue weighted by atomic mass is 19.1. The van der Waals surface area contributed by atoms with Crippen molar-refractivity contribution in [3.63, 3.8) is 0 Å². The molecule has 1 unspecified atom stereocenters. The van der Waals surface area contributed by atoms with Crippen molar-refractivity contribution in [3.05, 3.63) is 29.6 Å². The number of rotatable bonds is 3. The van der Waals surface area contributed by atoms with Crippen molar-refractivity contribution in [2.75, 3.05) is 31.1 Å². The lowest BCUT2D eigenvalue weighted by molar-refractivity contribution is 0.248. The van der Waals surface area contributed by atoms with Gasteiger partial charge in [0.1, 0.15) is 5.82 Å². The highest BCUT2D eigenvalue weighted by molar-refractivity contribution is 5.55. The quantitative estimate of drug-likeness (QED) is 0.906. The van der Waals surface area contributed by atoms with Crippen LogP contribution in [0.2, 0.25) is 0 Å². The zero-order valence-corrected chi connectivity index (χ0v) is 11.5. The molecule has 1 aliphatic heterocycles. The number of nitrogens with zero attached hydrogens (tertiary/aromatic N) is 2. The highest BCUT2D eigenvalue weighted by Gasteiger charge is 2.31. The Morgan fingerprint density at radius 3 is 2.47 bits per heavy atom. The van der Waals surface area contributed by atoms with Gasteiger partial charge in [0.25, 0.3) is 0 Å². The molecule has 19 heavy (non-hydrogen) atoms. The minimum Gasteiger partial charge on any atom is -0.369 e. The van der Waals surface area contributed by atoms with Gasteiger partial charge in [0.15, 0.2) is 0 Å². The fraction of sp³-hybridized carbons (Fsp3) is 0.600. The van der Waals surface area contributed by atoms with E-state index in [4.69, 9.17) is 5.73 Å². The summed E-state index contributed by atoms with van der Waals surface area (Å²) in [5.41, 5.74) is 7.56. The summed E-state index contributed by atoms with van der Waals surface area (Å²) >= 11 is 0. The normalized spacial score (nSPS) is 22.6. The summed E-state index contributed by atoms with van der Waals surface area (Å²) in [7, 11) is 0. The zero-order chi connectivity index (χ0) is 13.4. The molecule has 104 valence electrons. The summed E-state index contributed by atoms with van der Waals surface area (Å²) in [6, 6.07) is 5.83. The van der Waals surface area contributed by atoms with Gasteiger partial charge < -0.3 is 10.6 Å². The van der Waals surface area contributed by atoms with Crippen LogP contribution in [-0.4, -0.2) is 37.1 Å². The molecule has 0 radical (unpaired) electrons. The van der Waals surface area contributed by atoms with Crippen molar-refractivity contribution in [1.82, 2.24) is 4.90 Å². The third-order valence-electron chi connectivity index (χ3n) is 4.20. The second kappa shape index (κ2) is 5.10. The van der Waals surface area contributed by atoms with Crippen LogP contribution in [0, 0.1) is 5.82 Å². The van der Waals surface area contributed by atoms with Crippen molar-refractivity contribution in [3.8, 4) is 0 Å². The molecule has 3 nitrogen and oxygen atoms in total. The molecule has 0 bridgehead atoms. The number of nitrogens with two attached hydrogens (primary N) is 1. The molecule has 4 heteroatoms. The Kier molecular flexibility index (Phi) is 3.46. The molecule has 1 aromatic rings. The van der Waals surface area contributed by atoms with E-state index < -0.39 is 0 Å². The first-order valence-corrected chi connectivity index (χ1v) is 7.20. The lowest BCUT2D eigenvalue weighted by Gasteiger charge is -2.37. The fourth-order valence-corrected chi connectivity index (χ4v) is 3.02. The van der Waals surface area contributed by atoms with Gasteiger partial charge in [-0.1, -0.05) is 6.07 Å². The highest BCUT2D eigenvalue weighted by Crippen LogP contribution is 2.31. The molecule has 1 aliphatic carbocycles. The molecule has 1 heterocycles. The van der Waals surface area contributed by atoms with Crippen molar-refractivity contribution < 1.29 is 4.39 Å². The van der Waals surface area contributed by atoms with Gasteiger partial charge in [0.05, 0.1) is 0 Å². The van der Waals surface area contributed by atoms with Gasteiger partial charge in [-0.25, -0.2) is 4.39 Å². The zero-order valence-electron chi connectivity index (χ0n) is 11.5. The van der Waals surface area contributed by atoms with E-state index in [0.717, 1.165) is 37.9 Å². The molecule has 2 aliphatic rings. The molecular weight excluding hydrogens is 241 g/mol. The van der Waals surface area contributed by atoms with Crippen LogP contribution in [0.25, 0.3) is 0 Å². The minimum atomic E-state index is -0.266. The summed E-state index contributed by atoms with van der Waals surface area (Å²) in [5, 5.41) is 0. The maximum Gasteiger partial charge on any atom is 0.130 e. The first-order chi connectivity index (χ1) is 9.16. The van der Waals surface area contributed by atoms with E-state index in [1.165, 1.54) is 18.9 Å². The average molecular weight is 263 g/mol. The first kappa shape index (κ1) is 12.9. The molecule has 0 spiro atoms. The molecule has 1 saturated carbocycles. The van der Waals surface area contributed by atoms with Gasteiger partial charge in [0.2, 0.25) is 0 Å². The predicted molar refractivity (Wildman–Crippen MR) is 75.8 cm³/mol. The topological polar surface area (TPSA) is 32.5 Å². The summed E-state index contributed by atoms with van der Waals surface area (Å²) < 4.78 is 14.0. The van der Waals surface area contributed by atoms with Crippen LogP contribution in [0.15, 0.2) is 18.2 Å². The molecule has 2 N–H and O–H groups in total. The fourth-order valence-electron chi connectivity index (χ4n) is 3.02. The van der Waals surface area contributed by atoms with Crippen molar-refractivity contribution in [1.29, 1.82) is 0 Å². The number of hydrogen-bond donors (Lipinski definition) is 1. The van der Waals surface area contributed by atoms with Crippen LogP contribution in [-0.2, 0) is 0 Å². The molecule has 1 aromatic carbocycles. The average Bonchev–Trinajstić information content (AvgIpc) is 3.22. The van der Waals surface area contributed by atoms with Gasteiger partial charge in [-0.05, 0) is 31.9 Å². The minimum absolute atomic E-state index is 0.183. The monoisotopic (exact) mass is 263 g/mol. The standard InChI is InChI=1S/C15H22FN3/c1-11(17)15-13(16)3-2-4-14(15)19-9-7-18(8-10-19)12-5-6-12/h2-4,11-12H,5-10,17H2,1H3. The van der Waals surface area contributed by atoms with E-state index in [9.17, 15) is 4.39 Å². The van der Waals surface area contributed by atoms with Crippen molar-refractivity contribution in [2.24, 2.45) is 5.73 Å². The van der Waals surface area contributed by atoms with Gasteiger partial charge in [0, 0.05) is 49.5 Å². The summed E-state index contributed by atoms with van der Waals surface area (Å²) in [6.45, 7) is 5.96. The Hall–Kier alpha value is -1.13. The van der Waals surface area contributed by atoms with E-state index in [-0.39, 0.29) is 11.9 Å². The third-order valence-corrected chi connectivity index (χ3v) is 4.20.